The molecule has 0 spiro atoms. The van der Waals surface area contributed by atoms with Crippen LogP contribution in [0.15, 0.2) is 46.5 Å². The summed E-state index contributed by atoms with van der Waals surface area (Å²) < 4.78 is 31.7. The Morgan fingerprint density at radius 3 is 2.45 bits per heavy atom. The fourth-order valence-corrected chi connectivity index (χ4v) is 2.83. The van der Waals surface area contributed by atoms with Crippen LogP contribution >= 0.6 is 0 Å². The first-order valence-electron chi connectivity index (χ1n) is 6.47. The van der Waals surface area contributed by atoms with Crippen molar-refractivity contribution in [3.8, 4) is 5.75 Å². The number of methoxy groups -OCH3 is 1. The van der Waals surface area contributed by atoms with E-state index in [0.29, 0.717) is 5.70 Å². The van der Waals surface area contributed by atoms with E-state index in [9.17, 15) is 18.3 Å². The zero-order valence-corrected chi connectivity index (χ0v) is 13.7. The molecular formula is C15H19NO5S. The molecule has 0 fully saturated rings. The van der Waals surface area contributed by atoms with Crippen molar-refractivity contribution in [2.24, 2.45) is 0 Å². The molecule has 0 unspecified atom stereocenters. The number of rotatable bonds is 5. The lowest BCUT2D eigenvalue weighted by molar-refractivity contribution is 0.0597. The van der Waals surface area contributed by atoms with E-state index in [1.807, 2.05) is 0 Å². The molecule has 0 saturated heterocycles. The quantitative estimate of drug-likeness (QED) is 0.640. The van der Waals surface area contributed by atoms with Crippen molar-refractivity contribution in [1.82, 2.24) is 4.72 Å². The van der Waals surface area contributed by atoms with E-state index in [-0.39, 0.29) is 16.2 Å². The minimum absolute atomic E-state index is 0.144. The standard InChI is InChI=1S/C15H19NO5S/c1-5-6-13(10(2)3)16-22(19,20)11-7-8-14(17)12(9-11)15(18)21-4/h5-9,16-17H,1-4H3/b6-5-. The molecule has 0 heterocycles. The monoisotopic (exact) mass is 325 g/mol. The Morgan fingerprint density at radius 2 is 1.95 bits per heavy atom. The Kier molecular flexibility index (Phi) is 5.76. The molecule has 0 saturated carbocycles. The van der Waals surface area contributed by atoms with Gasteiger partial charge < -0.3 is 9.84 Å². The third-order valence-corrected chi connectivity index (χ3v) is 4.16. The number of benzene rings is 1. The molecule has 0 aliphatic carbocycles. The van der Waals surface area contributed by atoms with Crippen LogP contribution in [0.3, 0.4) is 0 Å². The number of allylic oxidation sites excluding steroid dienone is 3. The van der Waals surface area contributed by atoms with Crippen molar-refractivity contribution in [3.63, 3.8) is 0 Å². The lowest BCUT2D eigenvalue weighted by Gasteiger charge is -2.12. The zero-order chi connectivity index (χ0) is 16.9. The highest BCUT2D eigenvalue weighted by atomic mass is 32.2. The zero-order valence-electron chi connectivity index (χ0n) is 12.9. The average molecular weight is 325 g/mol. The number of nitrogens with one attached hydrogen (secondary N) is 1. The molecule has 1 aromatic carbocycles. The highest BCUT2D eigenvalue weighted by molar-refractivity contribution is 7.89. The van der Waals surface area contributed by atoms with Crippen LogP contribution in [-0.2, 0) is 14.8 Å². The Labute approximate surface area is 130 Å². The second kappa shape index (κ2) is 7.13. The summed E-state index contributed by atoms with van der Waals surface area (Å²) >= 11 is 0. The van der Waals surface area contributed by atoms with Gasteiger partial charge in [0, 0.05) is 5.70 Å². The van der Waals surface area contributed by atoms with Gasteiger partial charge in [0.15, 0.2) is 0 Å². The van der Waals surface area contributed by atoms with E-state index in [1.165, 1.54) is 6.07 Å². The number of aromatic hydroxyl groups is 1. The smallest absolute Gasteiger partial charge is 0.341 e. The molecular weight excluding hydrogens is 306 g/mol. The number of carbonyl (C=O) groups is 1. The maximum atomic E-state index is 12.4. The molecule has 0 amide bonds. The van der Waals surface area contributed by atoms with Gasteiger partial charge in [0.25, 0.3) is 10.0 Å². The van der Waals surface area contributed by atoms with Gasteiger partial charge in [-0.25, -0.2) is 13.2 Å². The number of sulfonamides is 1. The van der Waals surface area contributed by atoms with Gasteiger partial charge in [-0.05, 0) is 45.0 Å². The fraction of sp³-hybridized carbons (Fsp3) is 0.267. The van der Waals surface area contributed by atoms with Gasteiger partial charge in [0.1, 0.15) is 11.3 Å². The second-order valence-corrected chi connectivity index (χ2v) is 6.37. The summed E-state index contributed by atoms with van der Waals surface area (Å²) in [6.45, 7) is 5.32. The van der Waals surface area contributed by atoms with Gasteiger partial charge >= 0.3 is 5.97 Å². The number of phenolic OH excluding ortho intramolecular Hbond substituents is 1. The summed E-state index contributed by atoms with van der Waals surface area (Å²) in [5, 5.41) is 9.62. The number of esters is 1. The molecule has 2 N–H and O–H groups in total. The van der Waals surface area contributed by atoms with Crippen molar-refractivity contribution >= 4 is 16.0 Å². The van der Waals surface area contributed by atoms with E-state index < -0.39 is 16.0 Å². The summed E-state index contributed by atoms with van der Waals surface area (Å²) in [5.41, 5.74) is 1.01. The SMILES string of the molecule is C/C=C\C(NS(=O)(=O)c1ccc(O)c(C(=O)OC)c1)=C(C)C. The van der Waals surface area contributed by atoms with Crippen molar-refractivity contribution in [3.05, 3.63) is 47.2 Å². The van der Waals surface area contributed by atoms with Crippen LogP contribution in [0.5, 0.6) is 5.75 Å². The molecule has 0 atom stereocenters. The minimum Gasteiger partial charge on any atom is -0.507 e. The van der Waals surface area contributed by atoms with Gasteiger partial charge in [-0.1, -0.05) is 11.6 Å². The molecule has 7 heteroatoms. The van der Waals surface area contributed by atoms with Crippen molar-refractivity contribution in [2.75, 3.05) is 7.11 Å². The third-order valence-electron chi connectivity index (χ3n) is 2.80. The van der Waals surface area contributed by atoms with Crippen molar-refractivity contribution < 1.29 is 23.1 Å². The van der Waals surface area contributed by atoms with Crippen LogP contribution in [0, 0.1) is 0 Å². The van der Waals surface area contributed by atoms with E-state index >= 15 is 0 Å². The van der Waals surface area contributed by atoms with Crippen LogP contribution in [-0.4, -0.2) is 26.6 Å². The van der Waals surface area contributed by atoms with Gasteiger partial charge in [-0.15, -0.1) is 0 Å². The third kappa shape index (κ3) is 4.11. The molecule has 0 radical (unpaired) electrons. The van der Waals surface area contributed by atoms with Crippen LogP contribution in [0.2, 0.25) is 0 Å². The summed E-state index contributed by atoms with van der Waals surface area (Å²) in [6.07, 6.45) is 3.34. The average Bonchev–Trinajstić information content (AvgIpc) is 2.46. The highest BCUT2D eigenvalue weighted by Crippen LogP contribution is 2.22. The topological polar surface area (TPSA) is 92.7 Å². The van der Waals surface area contributed by atoms with E-state index in [1.54, 1.807) is 32.9 Å². The maximum absolute atomic E-state index is 12.4. The number of hydrogen-bond acceptors (Lipinski definition) is 5. The largest absolute Gasteiger partial charge is 0.507 e. The first-order chi connectivity index (χ1) is 10.2. The lowest BCUT2D eigenvalue weighted by Crippen LogP contribution is -2.23. The van der Waals surface area contributed by atoms with Crippen molar-refractivity contribution in [2.45, 2.75) is 25.7 Å². The Bertz CT molecular complexity index is 728. The van der Waals surface area contributed by atoms with Crippen LogP contribution in [0.4, 0.5) is 0 Å². The van der Waals surface area contributed by atoms with Gasteiger partial charge in [0.2, 0.25) is 0 Å². The van der Waals surface area contributed by atoms with Gasteiger partial charge in [0.05, 0.1) is 12.0 Å². The lowest BCUT2D eigenvalue weighted by atomic mass is 10.2. The van der Waals surface area contributed by atoms with E-state index in [0.717, 1.165) is 24.8 Å². The van der Waals surface area contributed by atoms with Gasteiger partial charge in [-0.3, -0.25) is 4.72 Å². The molecule has 0 aromatic heterocycles. The Morgan fingerprint density at radius 1 is 1.32 bits per heavy atom. The molecule has 120 valence electrons. The molecule has 0 bridgehead atoms. The Hall–Kier alpha value is -2.28. The van der Waals surface area contributed by atoms with E-state index in [4.69, 9.17) is 0 Å². The second-order valence-electron chi connectivity index (χ2n) is 4.69. The maximum Gasteiger partial charge on any atom is 0.341 e. The first kappa shape index (κ1) is 17.8. The fourth-order valence-electron chi connectivity index (χ4n) is 1.63. The van der Waals surface area contributed by atoms with Gasteiger partial charge in [-0.2, -0.15) is 0 Å². The summed E-state index contributed by atoms with van der Waals surface area (Å²) in [6, 6.07) is 3.42. The van der Waals surface area contributed by atoms with E-state index in [2.05, 4.69) is 9.46 Å². The Balaban J connectivity index is 3.30. The normalized spacial score (nSPS) is 11.3. The number of carbonyl (C=O) groups excluding carboxylic acids is 1. The van der Waals surface area contributed by atoms with Crippen LogP contribution < -0.4 is 4.72 Å². The molecule has 1 aromatic rings. The summed E-state index contributed by atoms with van der Waals surface area (Å²) in [4.78, 5) is 11.4. The molecule has 0 aliphatic heterocycles. The summed E-state index contributed by atoms with van der Waals surface area (Å²) in [5.74, 6) is -1.16. The minimum atomic E-state index is -3.89. The predicted molar refractivity (Wildman–Crippen MR) is 83.0 cm³/mol. The molecule has 22 heavy (non-hydrogen) atoms. The molecule has 1 rings (SSSR count). The number of hydrogen-bond donors (Lipinski definition) is 2. The molecule has 6 nitrogen and oxygen atoms in total. The van der Waals surface area contributed by atoms with Crippen molar-refractivity contribution in [1.29, 1.82) is 0 Å². The molecule has 0 aliphatic rings. The first-order valence-corrected chi connectivity index (χ1v) is 7.95. The highest BCUT2D eigenvalue weighted by Gasteiger charge is 2.20. The number of phenols is 1. The van der Waals surface area contributed by atoms with Crippen LogP contribution in [0.1, 0.15) is 31.1 Å². The summed E-state index contributed by atoms with van der Waals surface area (Å²) in [7, 11) is -2.74. The predicted octanol–water partition coefficient (Wildman–Crippen LogP) is 2.33. The van der Waals surface area contributed by atoms with Crippen LogP contribution in [0.25, 0.3) is 0 Å². The number of ether oxygens (including phenoxy) is 1.